The highest BCUT2D eigenvalue weighted by Crippen LogP contribution is 2.28. The molecule has 0 aromatic heterocycles. The molecule has 1 heterocycles. The van der Waals surface area contributed by atoms with E-state index in [1.54, 1.807) is 18.2 Å². The Kier molecular flexibility index (Phi) is 5.20. The van der Waals surface area contributed by atoms with Crippen LogP contribution >= 0.6 is 0 Å². The van der Waals surface area contributed by atoms with E-state index < -0.39 is 18.0 Å². The first-order valence-corrected chi connectivity index (χ1v) is 9.21. The van der Waals surface area contributed by atoms with E-state index in [0.717, 1.165) is 21.6 Å². The minimum atomic E-state index is -0.702. The lowest BCUT2D eigenvalue weighted by Gasteiger charge is -2.18. The first-order chi connectivity index (χ1) is 14.1. The summed E-state index contributed by atoms with van der Waals surface area (Å²) in [4.78, 5) is 25.9. The van der Waals surface area contributed by atoms with Crippen LogP contribution in [-0.4, -0.2) is 23.5 Å². The van der Waals surface area contributed by atoms with Crippen LogP contribution in [0.5, 0.6) is 0 Å². The van der Waals surface area contributed by atoms with E-state index in [2.05, 4.69) is 0 Å². The van der Waals surface area contributed by atoms with Gasteiger partial charge in [0.05, 0.1) is 0 Å². The van der Waals surface area contributed by atoms with Crippen molar-refractivity contribution in [2.24, 2.45) is 0 Å². The summed E-state index contributed by atoms with van der Waals surface area (Å²) in [7, 11) is 0. The van der Waals surface area contributed by atoms with Gasteiger partial charge in [-0.05, 0) is 46.5 Å². The summed E-state index contributed by atoms with van der Waals surface area (Å²) in [5.41, 5.74) is 3.59. The van der Waals surface area contributed by atoms with Crippen LogP contribution in [-0.2, 0) is 9.53 Å². The number of carbonyl (C=O) groups excluding carboxylic acids is 2. The molecule has 3 aromatic rings. The van der Waals surface area contributed by atoms with E-state index in [4.69, 9.17) is 4.74 Å². The second kappa shape index (κ2) is 8.10. The largest absolute Gasteiger partial charge is 0.446 e. The van der Waals surface area contributed by atoms with Gasteiger partial charge in [-0.1, -0.05) is 60.7 Å². The molecule has 4 rings (SSSR count). The third kappa shape index (κ3) is 4.09. The smallest absolute Gasteiger partial charge is 0.417 e. The van der Waals surface area contributed by atoms with E-state index in [-0.39, 0.29) is 12.4 Å². The van der Waals surface area contributed by atoms with Gasteiger partial charge in [-0.25, -0.2) is 14.1 Å². The van der Waals surface area contributed by atoms with Crippen molar-refractivity contribution in [2.75, 3.05) is 6.61 Å². The van der Waals surface area contributed by atoms with Crippen LogP contribution in [0.3, 0.4) is 0 Å². The fourth-order valence-corrected chi connectivity index (χ4v) is 3.30. The van der Waals surface area contributed by atoms with Crippen molar-refractivity contribution >= 4 is 18.1 Å². The minimum Gasteiger partial charge on any atom is -0.446 e. The number of hydrogen-bond donors (Lipinski definition) is 0. The summed E-state index contributed by atoms with van der Waals surface area (Å²) < 4.78 is 18.2. The number of nitrogens with zero attached hydrogens (tertiary/aromatic N) is 1. The number of rotatable bonds is 4. The van der Waals surface area contributed by atoms with Crippen molar-refractivity contribution in [3.63, 3.8) is 0 Å². The summed E-state index contributed by atoms with van der Waals surface area (Å²) in [5, 5.41) is 0. The zero-order chi connectivity index (χ0) is 20.2. The maximum absolute atomic E-state index is 13.2. The molecular weight excluding hydrogens is 369 g/mol. The highest BCUT2D eigenvalue weighted by molar-refractivity contribution is 6.02. The van der Waals surface area contributed by atoms with E-state index in [1.165, 1.54) is 18.2 Å². The summed E-state index contributed by atoms with van der Waals surface area (Å²) in [5.74, 6) is -0.859. The molecule has 1 atom stereocenters. The maximum Gasteiger partial charge on any atom is 0.417 e. The number of benzene rings is 3. The van der Waals surface area contributed by atoms with Gasteiger partial charge >= 0.3 is 6.09 Å². The van der Waals surface area contributed by atoms with Gasteiger partial charge in [-0.3, -0.25) is 4.79 Å². The van der Waals surface area contributed by atoms with Gasteiger partial charge < -0.3 is 4.74 Å². The lowest BCUT2D eigenvalue weighted by Crippen LogP contribution is -2.32. The number of carbonyl (C=O) groups is 2. The first-order valence-electron chi connectivity index (χ1n) is 9.21. The van der Waals surface area contributed by atoms with Crippen molar-refractivity contribution in [1.29, 1.82) is 0 Å². The van der Waals surface area contributed by atoms with Crippen LogP contribution < -0.4 is 0 Å². The lowest BCUT2D eigenvalue weighted by atomic mass is 10.0. The van der Waals surface area contributed by atoms with Gasteiger partial charge in [0.25, 0.3) is 5.91 Å². The highest BCUT2D eigenvalue weighted by atomic mass is 19.1. The van der Waals surface area contributed by atoms with Crippen LogP contribution in [0.2, 0.25) is 0 Å². The average molecular weight is 387 g/mol. The molecule has 0 N–H and O–H groups in total. The third-order valence-electron chi connectivity index (χ3n) is 4.78. The van der Waals surface area contributed by atoms with Crippen molar-refractivity contribution in [3.8, 4) is 11.1 Å². The molecule has 29 heavy (non-hydrogen) atoms. The first kappa shape index (κ1) is 18.6. The number of halogens is 1. The second-order valence-electron chi connectivity index (χ2n) is 6.68. The molecule has 0 spiro atoms. The lowest BCUT2D eigenvalue weighted by molar-refractivity contribution is -0.124. The summed E-state index contributed by atoms with van der Waals surface area (Å²) in [6.07, 6.45) is 2.32. The quantitative estimate of drug-likeness (QED) is 0.576. The normalized spacial score (nSPS) is 16.2. The van der Waals surface area contributed by atoms with Crippen molar-refractivity contribution in [1.82, 2.24) is 4.90 Å². The van der Waals surface area contributed by atoms with E-state index in [1.807, 2.05) is 54.6 Å². The summed E-state index contributed by atoms with van der Waals surface area (Å²) in [6.45, 7) is 0.0491. The molecule has 3 aromatic carbocycles. The predicted octanol–water partition coefficient (Wildman–Crippen LogP) is 5.23. The molecule has 0 saturated carbocycles. The molecule has 0 aliphatic carbocycles. The van der Waals surface area contributed by atoms with Gasteiger partial charge in [0.1, 0.15) is 18.5 Å². The Labute approximate surface area is 167 Å². The fourth-order valence-electron chi connectivity index (χ4n) is 3.30. The standard InChI is InChI=1S/C24H18FNO3/c25-21-12-10-19(11-13-21)22-16-29-24(28)26(22)23(27)14-9-17-5-4-8-20(15-17)18-6-2-1-3-7-18/h1-15,22H,16H2/b14-9+. The summed E-state index contributed by atoms with van der Waals surface area (Å²) >= 11 is 0. The van der Waals surface area contributed by atoms with Crippen molar-refractivity contribution < 1.29 is 18.7 Å². The molecule has 0 bridgehead atoms. The molecule has 0 radical (unpaired) electrons. The van der Waals surface area contributed by atoms with E-state index in [9.17, 15) is 14.0 Å². The molecular formula is C24H18FNO3. The molecule has 5 heteroatoms. The van der Waals surface area contributed by atoms with Gasteiger partial charge in [0, 0.05) is 6.08 Å². The van der Waals surface area contributed by atoms with E-state index >= 15 is 0 Å². The Morgan fingerprint density at radius 2 is 1.69 bits per heavy atom. The van der Waals surface area contributed by atoms with Gasteiger partial charge in [-0.2, -0.15) is 0 Å². The second-order valence-corrected chi connectivity index (χ2v) is 6.68. The van der Waals surface area contributed by atoms with Crippen molar-refractivity contribution in [3.05, 3.63) is 102 Å². The average Bonchev–Trinajstić information content (AvgIpc) is 3.15. The predicted molar refractivity (Wildman–Crippen MR) is 108 cm³/mol. The zero-order valence-corrected chi connectivity index (χ0v) is 15.5. The molecule has 2 amide bonds. The maximum atomic E-state index is 13.2. The third-order valence-corrected chi connectivity index (χ3v) is 4.78. The number of cyclic esters (lactones) is 1. The van der Waals surface area contributed by atoms with Crippen LogP contribution in [0.15, 0.2) is 84.9 Å². The zero-order valence-electron chi connectivity index (χ0n) is 15.5. The van der Waals surface area contributed by atoms with Gasteiger partial charge in [0.2, 0.25) is 0 Å². The Hall–Kier alpha value is -3.73. The Morgan fingerprint density at radius 3 is 2.45 bits per heavy atom. The van der Waals surface area contributed by atoms with Gasteiger partial charge in [0.15, 0.2) is 0 Å². The molecule has 4 nitrogen and oxygen atoms in total. The SMILES string of the molecule is O=C(/C=C/c1cccc(-c2ccccc2)c1)N1C(=O)OCC1c1ccc(F)cc1. The van der Waals surface area contributed by atoms with Crippen LogP contribution in [0, 0.1) is 5.82 Å². The van der Waals surface area contributed by atoms with Crippen LogP contribution in [0.1, 0.15) is 17.2 Å². The monoisotopic (exact) mass is 387 g/mol. The molecule has 144 valence electrons. The van der Waals surface area contributed by atoms with Crippen molar-refractivity contribution in [2.45, 2.75) is 6.04 Å². The minimum absolute atomic E-state index is 0.0491. The summed E-state index contributed by atoms with van der Waals surface area (Å²) in [6, 6.07) is 22.8. The Morgan fingerprint density at radius 1 is 0.966 bits per heavy atom. The highest BCUT2D eigenvalue weighted by Gasteiger charge is 2.37. The molecule has 1 fully saturated rings. The number of ether oxygens (including phenoxy) is 1. The van der Waals surface area contributed by atoms with E-state index in [0.29, 0.717) is 5.56 Å². The molecule has 1 aliphatic rings. The topological polar surface area (TPSA) is 46.6 Å². The Balaban J connectivity index is 1.54. The Bertz CT molecular complexity index is 1060. The van der Waals surface area contributed by atoms with Crippen LogP contribution in [0.25, 0.3) is 17.2 Å². The fraction of sp³-hybridized carbons (Fsp3) is 0.0833. The number of hydrogen-bond acceptors (Lipinski definition) is 3. The van der Waals surface area contributed by atoms with Gasteiger partial charge in [-0.15, -0.1) is 0 Å². The number of imide groups is 1. The molecule has 1 aliphatic heterocycles. The molecule has 1 unspecified atom stereocenters. The number of amides is 2. The molecule has 1 saturated heterocycles. The van der Waals surface area contributed by atoms with Crippen LogP contribution in [0.4, 0.5) is 9.18 Å².